The first-order valence-corrected chi connectivity index (χ1v) is 9.23. The molecule has 0 atom stereocenters. The van der Waals surface area contributed by atoms with Gasteiger partial charge in [-0.2, -0.15) is 5.10 Å². The zero-order valence-corrected chi connectivity index (χ0v) is 17.1. The molecule has 0 radical (unpaired) electrons. The molecule has 26 heavy (non-hydrogen) atoms. The van der Waals surface area contributed by atoms with Crippen LogP contribution in [-0.4, -0.2) is 20.1 Å². The van der Waals surface area contributed by atoms with Gasteiger partial charge in [-0.25, -0.2) is 4.68 Å². The molecule has 8 heteroatoms. The van der Waals surface area contributed by atoms with Crippen LogP contribution >= 0.6 is 39.1 Å². The maximum atomic E-state index is 12.7. The number of rotatable bonds is 4. The van der Waals surface area contributed by atoms with E-state index in [2.05, 4.69) is 21.0 Å². The summed E-state index contributed by atoms with van der Waals surface area (Å²) in [7, 11) is 0. The number of hydrogen-bond acceptors (Lipinski definition) is 3. The van der Waals surface area contributed by atoms with Gasteiger partial charge in [0.05, 0.1) is 11.2 Å². The summed E-state index contributed by atoms with van der Waals surface area (Å²) in [5.41, 5.74) is 2.61. The van der Waals surface area contributed by atoms with Gasteiger partial charge in [-0.1, -0.05) is 39.1 Å². The number of aromatic nitrogens is 3. The molecular weight excluding hydrogens is 441 g/mol. The molecule has 0 aliphatic rings. The molecule has 2 heterocycles. The molecular formula is C18H14BrCl2N3O2. The van der Waals surface area contributed by atoms with Crippen molar-refractivity contribution in [2.24, 2.45) is 0 Å². The third kappa shape index (κ3) is 3.49. The lowest BCUT2D eigenvalue weighted by molar-refractivity contribution is 0.0965. The third-order valence-electron chi connectivity index (χ3n) is 4.05. The molecule has 0 aliphatic heterocycles. The Hall–Kier alpha value is -1.89. The maximum Gasteiger partial charge on any atom is 0.287 e. The van der Waals surface area contributed by atoms with E-state index in [4.69, 9.17) is 23.2 Å². The fourth-order valence-electron chi connectivity index (χ4n) is 2.81. The second kappa shape index (κ2) is 7.39. The first-order chi connectivity index (χ1) is 12.3. The number of benzene rings is 1. The Morgan fingerprint density at radius 3 is 2.50 bits per heavy atom. The molecule has 3 rings (SSSR count). The molecule has 0 aliphatic carbocycles. The van der Waals surface area contributed by atoms with Crippen molar-refractivity contribution < 1.29 is 4.79 Å². The Morgan fingerprint density at radius 2 is 1.85 bits per heavy atom. The summed E-state index contributed by atoms with van der Waals surface area (Å²) in [5, 5.41) is 3.81. The fourth-order valence-corrected chi connectivity index (χ4v) is 3.35. The van der Waals surface area contributed by atoms with Crippen LogP contribution in [0.4, 0.5) is 0 Å². The third-order valence-corrected chi connectivity index (χ3v) is 5.33. The number of hydrogen-bond donors (Lipinski definition) is 0. The van der Waals surface area contributed by atoms with E-state index in [0.29, 0.717) is 5.56 Å². The highest BCUT2D eigenvalue weighted by molar-refractivity contribution is 9.10. The van der Waals surface area contributed by atoms with Gasteiger partial charge in [-0.15, -0.1) is 0 Å². The van der Waals surface area contributed by atoms with Gasteiger partial charge in [-0.3, -0.25) is 9.59 Å². The highest BCUT2D eigenvalue weighted by Crippen LogP contribution is 2.23. The Bertz CT molecular complexity index is 1060. The Morgan fingerprint density at radius 1 is 1.19 bits per heavy atom. The highest BCUT2D eigenvalue weighted by atomic mass is 79.9. The summed E-state index contributed by atoms with van der Waals surface area (Å²) in [6.07, 6.45) is 1.25. The van der Waals surface area contributed by atoms with Crippen molar-refractivity contribution in [1.29, 1.82) is 0 Å². The number of aryl methyl sites for hydroxylation is 1. The molecule has 5 nitrogen and oxygen atoms in total. The van der Waals surface area contributed by atoms with Crippen LogP contribution in [0.3, 0.4) is 0 Å². The minimum absolute atomic E-state index is 0.0637. The van der Waals surface area contributed by atoms with Crippen molar-refractivity contribution >= 4 is 44.9 Å². The second-order valence-corrected chi connectivity index (χ2v) is 7.49. The van der Waals surface area contributed by atoms with E-state index < -0.39 is 5.56 Å². The minimum atomic E-state index is -0.589. The molecule has 0 amide bonds. The van der Waals surface area contributed by atoms with Crippen molar-refractivity contribution in [3.8, 4) is 5.69 Å². The van der Waals surface area contributed by atoms with Crippen LogP contribution < -0.4 is 5.56 Å². The average Bonchev–Trinajstić information content (AvgIpc) is 2.91. The summed E-state index contributed by atoms with van der Waals surface area (Å²) >= 11 is 15.0. The van der Waals surface area contributed by atoms with Crippen LogP contribution in [0.5, 0.6) is 0 Å². The van der Waals surface area contributed by atoms with E-state index in [1.54, 1.807) is 0 Å². The quantitative estimate of drug-likeness (QED) is 0.541. The van der Waals surface area contributed by atoms with Gasteiger partial charge in [0.15, 0.2) is 5.78 Å². The van der Waals surface area contributed by atoms with Crippen LogP contribution in [0, 0.1) is 13.8 Å². The van der Waals surface area contributed by atoms with E-state index in [0.717, 1.165) is 26.2 Å². The lowest BCUT2D eigenvalue weighted by atomic mass is 10.1. The van der Waals surface area contributed by atoms with Gasteiger partial charge < -0.3 is 4.57 Å². The van der Waals surface area contributed by atoms with Gasteiger partial charge in [-0.05, 0) is 44.2 Å². The average molecular weight is 455 g/mol. The second-order valence-electron chi connectivity index (χ2n) is 5.79. The van der Waals surface area contributed by atoms with Gasteiger partial charge in [0.1, 0.15) is 11.6 Å². The predicted molar refractivity (Wildman–Crippen MR) is 106 cm³/mol. The predicted octanol–water partition coefficient (Wildman–Crippen LogP) is 4.60. The molecule has 0 saturated heterocycles. The van der Waals surface area contributed by atoms with Crippen molar-refractivity contribution in [2.45, 2.75) is 20.4 Å². The molecule has 0 fully saturated rings. The van der Waals surface area contributed by atoms with E-state index >= 15 is 0 Å². The Balaban J connectivity index is 1.97. The highest BCUT2D eigenvalue weighted by Gasteiger charge is 2.18. The van der Waals surface area contributed by atoms with Crippen LogP contribution in [0.1, 0.15) is 21.7 Å². The van der Waals surface area contributed by atoms with Gasteiger partial charge in [0.2, 0.25) is 0 Å². The standard InChI is InChI=1S/C18H14BrCl2N3O2/c1-10-7-14(11(2)24(10)13-5-3-12(19)4-6-13)16(25)9-23-18(26)17(21)15(20)8-22-23/h3-8H,9H2,1-2H3. The largest absolute Gasteiger partial charge is 0.318 e. The minimum Gasteiger partial charge on any atom is -0.318 e. The lowest BCUT2D eigenvalue weighted by Gasteiger charge is -2.10. The Kier molecular flexibility index (Phi) is 5.37. The van der Waals surface area contributed by atoms with Gasteiger partial charge in [0.25, 0.3) is 5.56 Å². The van der Waals surface area contributed by atoms with Crippen molar-refractivity contribution in [3.05, 3.63) is 78.4 Å². The molecule has 0 bridgehead atoms. The number of halogens is 3. The number of carbonyl (C=O) groups excluding carboxylic acids is 1. The number of ketones is 1. The summed E-state index contributed by atoms with van der Waals surface area (Å²) < 4.78 is 3.98. The van der Waals surface area contributed by atoms with Gasteiger partial charge >= 0.3 is 0 Å². The van der Waals surface area contributed by atoms with Crippen LogP contribution in [0.2, 0.25) is 10.0 Å². The van der Waals surface area contributed by atoms with E-state index in [9.17, 15) is 9.59 Å². The molecule has 3 aromatic rings. The molecule has 0 saturated carbocycles. The normalized spacial score (nSPS) is 11.0. The van der Waals surface area contributed by atoms with Crippen molar-refractivity contribution in [1.82, 2.24) is 14.3 Å². The molecule has 0 N–H and O–H groups in total. The fraction of sp³-hybridized carbons (Fsp3) is 0.167. The zero-order chi connectivity index (χ0) is 19.0. The van der Waals surface area contributed by atoms with Gasteiger partial charge in [0, 0.05) is 27.1 Å². The maximum absolute atomic E-state index is 12.7. The molecule has 0 spiro atoms. The number of nitrogens with zero attached hydrogens (tertiary/aromatic N) is 3. The van der Waals surface area contributed by atoms with E-state index in [1.807, 2.05) is 48.7 Å². The smallest absolute Gasteiger partial charge is 0.287 e. The molecule has 0 unspecified atom stereocenters. The van der Waals surface area contributed by atoms with Crippen LogP contribution in [0.25, 0.3) is 5.69 Å². The lowest BCUT2D eigenvalue weighted by Crippen LogP contribution is -2.27. The monoisotopic (exact) mass is 453 g/mol. The first kappa shape index (κ1) is 18.9. The SMILES string of the molecule is Cc1cc(C(=O)Cn2ncc(Cl)c(Cl)c2=O)c(C)n1-c1ccc(Br)cc1. The first-order valence-electron chi connectivity index (χ1n) is 7.68. The molecule has 134 valence electrons. The van der Waals surface area contributed by atoms with Crippen molar-refractivity contribution in [2.75, 3.05) is 0 Å². The zero-order valence-electron chi connectivity index (χ0n) is 14.0. The van der Waals surface area contributed by atoms with E-state index in [-0.39, 0.29) is 22.4 Å². The Labute approximate surface area is 168 Å². The van der Waals surface area contributed by atoms with Crippen LogP contribution in [0.15, 0.2) is 45.8 Å². The number of Topliss-reactive ketones (excluding diaryl/α,β-unsaturated/α-hetero) is 1. The molecule has 2 aromatic heterocycles. The summed E-state index contributed by atoms with van der Waals surface area (Å²) in [6.45, 7) is 3.59. The topological polar surface area (TPSA) is 56.9 Å². The molecule has 1 aromatic carbocycles. The summed E-state index contributed by atoms with van der Waals surface area (Å²) in [4.78, 5) is 24.8. The van der Waals surface area contributed by atoms with E-state index in [1.165, 1.54) is 6.20 Å². The van der Waals surface area contributed by atoms with Crippen molar-refractivity contribution in [3.63, 3.8) is 0 Å². The number of carbonyl (C=O) groups is 1. The summed E-state index contributed by atoms with van der Waals surface area (Å²) in [5.74, 6) is -0.227. The summed E-state index contributed by atoms with van der Waals surface area (Å²) in [6, 6.07) is 9.61. The van der Waals surface area contributed by atoms with Crippen LogP contribution in [-0.2, 0) is 6.54 Å².